The molecule has 0 bridgehead atoms. The van der Waals surface area contributed by atoms with Gasteiger partial charge in [-0.05, 0) is 30.9 Å². The molecule has 0 saturated heterocycles. The molecule has 1 saturated carbocycles. The zero-order chi connectivity index (χ0) is 15.6. The van der Waals surface area contributed by atoms with Crippen LogP contribution in [-0.4, -0.2) is 24.1 Å². The van der Waals surface area contributed by atoms with Gasteiger partial charge in [-0.3, -0.25) is 9.59 Å². The molecular formula is C15H18FNO4. The van der Waals surface area contributed by atoms with Crippen LogP contribution in [0.1, 0.15) is 19.8 Å². The Labute approximate surface area is 122 Å². The van der Waals surface area contributed by atoms with Crippen LogP contribution < -0.4 is 10.1 Å². The molecule has 1 aliphatic rings. The van der Waals surface area contributed by atoms with Crippen LogP contribution in [-0.2, 0) is 9.59 Å². The predicted octanol–water partition coefficient (Wildman–Crippen LogP) is 2.52. The maximum atomic E-state index is 13.1. The Morgan fingerprint density at radius 2 is 2.00 bits per heavy atom. The third kappa shape index (κ3) is 3.32. The molecule has 1 aliphatic carbocycles. The van der Waals surface area contributed by atoms with E-state index in [-0.39, 0.29) is 17.6 Å². The Morgan fingerprint density at radius 3 is 2.62 bits per heavy atom. The van der Waals surface area contributed by atoms with E-state index in [0.29, 0.717) is 18.5 Å². The molecule has 1 aromatic rings. The molecule has 5 nitrogen and oxygen atoms in total. The average molecular weight is 295 g/mol. The largest absolute Gasteiger partial charge is 0.494 e. The van der Waals surface area contributed by atoms with Crippen LogP contribution in [0, 0.1) is 23.6 Å². The van der Waals surface area contributed by atoms with Gasteiger partial charge in [-0.2, -0.15) is 0 Å². The van der Waals surface area contributed by atoms with Gasteiger partial charge in [0.1, 0.15) is 11.6 Å². The SMILES string of the molecule is COc1cc(F)ccc1NC(=O)[C@H]1CC(C)C[C@H]1C(=O)O. The van der Waals surface area contributed by atoms with E-state index in [4.69, 9.17) is 4.74 Å². The highest BCUT2D eigenvalue weighted by Crippen LogP contribution is 2.37. The molecule has 3 atom stereocenters. The van der Waals surface area contributed by atoms with Crippen LogP contribution in [0.3, 0.4) is 0 Å². The highest BCUT2D eigenvalue weighted by atomic mass is 19.1. The van der Waals surface area contributed by atoms with E-state index in [1.807, 2.05) is 6.92 Å². The Balaban J connectivity index is 2.16. The minimum atomic E-state index is -0.953. The number of rotatable bonds is 4. The fourth-order valence-corrected chi connectivity index (χ4v) is 2.85. The first-order valence-corrected chi connectivity index (χ1v) is 6.79. The van der Waals surface area contributed by atoms with Crippen molar-refractivity contribution >= 4 is 17.6 Å². The van der Waals surface area contributed by atoms with Gasteiger partial charge in [0, 0.05) is 6.07 Å². The molecule has 0 radical (unpaired) electrons. The van der Waals surface area contributed by atoms with Crippen LogP contribution in [0.25, 0.3) is 0 Å². The Morgan fingerprint density at radius 1 is 1.33 bits per heavy atom. The molecule has 114 valence electrons. The van der Waals surface area contributed by atoms with Crippen molar-refractivity contribution in [3.63, 3.8) is 0 Å². The number of nitrogens with one attached hydrogen (secondary N) is 1. The number of carbonyl (C=O) groups is 2. The molecule has 0 spiro atoms. The number of carboxylic acid groups (broad SMARTS) is 1. The number of aliphatic carboxylic acids is 1. The van der Waals surface area contributed by atoms with Crippen molar-refractivity contribution in [1.29, 1.82) is 0 Å². The first-order valence-electron chi connectivity index (χ1n) is 6.79. The van der Waals surface area contributed by atoms with Gasteiger partial charge in [-0.15, -0.1) is 0 Å². The summed E-state index contributed by atoms with van der Waals surface area (Å²) >= 11 is 0. The van der Waals surface area contributed by atoms with Gasteiger partial charge in [0.2, 0.25) is 5.91 Å². The number of amides is 1. The van der Waals surface area contributed by atoms with E-state index < -0.39 is 23.6 Å². The van der Waals surface area contributed by atoms with Gasteiger partial charge in [0.05, 0.1) is 24.6 Å². The number of anilines is 1. The maximum Gasteiger partial charge on any atom is 0.307 e. The molecule has 6 heteroatoms. The highest BCUT2D eigenvalue weighted by molar-refractivity contribution is 5.96. The minimum Gasteiger partial charge on any atom is -0.494 e. The molecule has 21 heavy (non-hydrogen) atoms. The molecule has 2 N–H and O–H groups in total. The third-order valence-electron chi connectivity index (χ3n) is 3.87. The number of benzene rings is 1. The quantitative estimate of drug-likeness (QED) is 0.895. The molecular weight excluding hydrogens is 277 g/mol. The summed E-state index contributed by atoms with van der Waals surface area (Å²) in [5, 5.41) is 11.8. The lowest BCUT2D eigenvalue weighted by molar-refractivity contribution is -0.145. The summed E-state index contributed by atoms with van der Waals surface area (Å²) in [6.07, 6.45) is 1.03. The summed E-state index contributed by atoms with van der Waals surface area (Å²) in [5.41, 5.74) is 0.340. The second-order valence-corrected chi connectivity index (χ2v) is 5.46. The number of hydrogen-bond acceptors (Lipinski definition) is 3. The molecule has 0 heterocycles. The van der Waals surface area contributed by atoms with Crippen molar-refractivity contribution in [1.82, 2.24) is 0 Å². The van der Waals surface area contributed by atoms with Crippen LogP contribution in [0.15, 0.2) is 18.2 Å². The summed E-state index contributed by atoms with van der Waals surface area (Å²) in [6.45, 7) is 1.93. The summed E-state index contributed by atoms with van der Waals surface area (Å²) in [6, 6.07) is 3.78. The lowest BCUT2D eigenvalue weighted by atomic mass is 9.95. The summed E-state index contributed by atoms with van der Waals surface area (Å²) in [7, 11) is 1.38. The van der Waals surface area contributed by atoms with Crippen LogP contribution >= 0.6 is 0 Å². The number of hydrogen-bond donors (Lipinski definition) is 2. The fraction of sp³-hybridized carbons (Fsp3) is 0.467. The Hall–Kier alpha value is -2.11. The molecule has 0 aromatic heterocycles. The predicted molar refractivity (Wildman–Crippen MR) is 74.6 cm³/mol. The van der Waals surface area contributed by atoms with Crippen molar-refractivity contribution < 1.29 is 23.8 Å². The standard InChI is InChI=1S/C15H18FNO4/c1-8-5-10(11(6-8)15(19)20)14(18)17-12-4-3-9(16)7-13(12)21-2/h3-4,7-8,10-11H,5-6H2,1-2H3,(H,17,18)(H,19,20)/t8?,10-,11+/m0/s1. The number of halogens is 1. The van der Waals surface area contributed by atoms with Gasteiger partial charge in [0.15, 0.2) is 0 Å². The lowest BCUT2D eigenvalue weighted by Gasteiger charge is -2.17. The number of methoxy groups -OCH3 is 1. The monoisotopic (exact) mass is 295 g/mol. The van der Waals surface area contributed by atoms with Crippen LogP contribution in [0.5, 0.6) is 5.75 Å². The van der Waals surface area contributed by atoms with Crippen LogP contribution in [0.4, 0.5) is 10.1 Å². The third-order valence-corrected chi connectivity index (χ3v) is 3.87. The van der Waals surface area contributed by atoms with Gasteiger partial charge < -0.3 is 15.2 Å². The lowest BCUT2D eigenvalue weighted by Crippen LogP contribution is -2.30. The average Bonchev–Trinajstić information content (AvgIpc) is 2.83. The second-order valence-electron chi connectivity index (χ2n) is 5.46. The van der Waals surface area contributed by atoms with Crippen molar-refractivity contribution in [2.24, 2.45) is 17.8 Å². The zero-order valence-electron chi connectivity index (χ0n) is 11.9. The molecule has 2 rings (SSSR count). The van der Waals surface area contributed by atoms with Crippen LogP contribution in [0.2, 0.25) is 0 Å². The summed E-state index contributed by atoms with van der Waals surface area (Å²) in [4.78, 5) is 23.5. The van der Waals surface area contributed by atoms with E-state index in [2.05, 4.69) is 5.32 Å². The smallest absolute Gasteiger partial charge is 0.307 e. The van der Waals surface area contributed by atoms with Crippen molar-refractivity contribution in [2.45, 2.75) is 19.8 Å². The number of carboxylic acids is 1. The molecule has 1 unspecified atom stereocenters. The van der Waals surface area contributed by atoms with E-state index >= 15 is 0 Å². The Bertz CT molecular complexity index is 561. The minimum absolute atomic E-state index is 0.192. The molecule has 0 aliphatic heterocycles. The van der Waals surface area contributed by atoms with Crippen molar-refractivity contribution in [2.75, 3.05) is 12.4 Å². The highest BCUT2D eigenvalue weighted by Gasteiger charge is 2.41. The van der Waals surface area contributed by atoms with E-state index in [1.165, 1.54) is 25.3 Å². The van der Waals surface area contributed by atoms with Gasteiger partial charge >= 0.3 is 5.97 Å². The van der Waals surface area contributed by atoms with Gasteiger partial charge in [0.25, 0.3) is 0 Å². The number of carbonyl (C=O) groups excluding carboxylic acids is 1. The first kappa shape index (κ1) is 15.3. The normalized spacial score (nSPS) is 24.6. The molecule has 1 fully saturated rings. The summed E-state index contributed by atoms with van der Waals surface area (Å²) < 4.78 is 18.1. The van der Waals surface area contributed by atoms with E-state index in [9.17, 15) is 19.1 Å². The van der Waals surface area contributed by atoms with Gasteiger partial charge in [-0.1, -0.05) is 6.92 Å². The summed E-state index contributed by atoms with van der Waals surface area (Å²) in [5.74, 6) is -2.64. The van der Waals surface area contributed by atoms with Crippen molar-refractivity contribution in [3.05, 3.63) is 24.0 Å². The maximum absolute atomic E-state index is 13.1. The zero-order valence-corrected chi connectivity index (χ0v) is 11.9. The topological polar surface area (TPSA) is 75.6 Å². The van der Waals surface area contributed by atoms with Gasteiger partial charge in [-0.25, -0.2) is 4.39 Å². The molecule has 1 amide bonds. The number of ether oxygens (including phenoxy) is 1. The first-order chi connectivity index (χ1) is 9.92. The van der Waals surface area contributed by atoms with E-state index in [1.54, 1.807) is 0 Å². The Kier molecular flexibility index (Phi) is 4.45. The fourth-order valence-electron chi connectivity index (χ4n) is 2.85. The molecule has 1 aromatic carbocycles. The second kappa shape index (κ2) is 6.11. The van der Waals surface area contributed by atoms with E-state index in [0.717, 1.165) is 0 Å². The van der Waals surface area contributed by atoms with Crippen molar-refractivity contribution in [3.8, 4) is 5.75 Å².